The minimum absolute atomic E-state index is 0.175. The first-order valence-electron chi connectivity index (χ1n) is 5.50. The Morgan fingerprint density at radius 3 is 2.81 bits per heavy atom. The van der Waals surface area contributed by atoms with E-state index < -0.39 is 0 Å². The van der Waals surface area contributed by atoms with Gasteiger partial charge in [0.1, 0.15) is 24.8 Å². The third kappa shape index (κ3) is 2.13. The van der Waals surface area contributed by atoms with Gasteiger partial charge in [0.15, 0.2) is 0 Å². The normalized spacial score (nSPS) is 10.7. The number of imidazole rings is 1. The molecular formula is C13H16FN2+. The zero-order valence-corrected chi connectivity index (χ0v) is 9.65. The zero-order chi connectivity index (χ0) is 11.5. The number of hydrogen-bond donors (Lipinski definition) is 0. The maximum atomic E-state index is 13.0. The van der Waals surface area contributed by atoms with Gasteiger partial charge >= 0.3 is 0 Å². The lowest BCUT2D eigenvalue weighted by Crippen LogP contribution is -2.36. The van der Waals surface area contributed by atoms with Crippen molar-refractivity contribution in [1.82, 2.24) is 4.57 Å². The topological polar surface area (TPSA) is 8.81 Å². The van der Waals surface area contributed by atoms with E-state index in [2.05, 4.69) is 29.2 Å². The minimum atomic E-state index is -0.175. The lowest BCUT2D eigenvalue weighted by atomic mass is 10.2. The number of hydrogen-bond acceptors (Lipinski definition) is 0. The number of aromatic nitrogens is 2. The summed E-state index contributed by atoms with van der Waals surface area (Å²) in [5, 5.41) is 0. The van der Waals surface area contributed by atoms with E-state index in [1.165, 1.54) is 11.9 Å². The Labute approximate surface area is 95.0 Å². The first-order chi connectivity index (χ1) is 7.70. The molecular weight excluding hydrogens is 203 g/mol. The highest BCUT2D eigenvalue weighted by molar-refractivity contribution is 5.15. The van der Waals surface area contributed by atoms with Gasteiger partial charge in [0, 0.05) is 6.92 Å². The fourth-order valence-electron chi connectivity index (χ4n) is 1.88. The summed E-state index contributed by atoms with van der Waals surface area (Å²) < 4.78 is 17.3. The smallest absolute Gasteiger partial charge is 0.235 e. The fourth-order valence-corrected chi connectivity index (χ4v) is 1.88. The molecule has 0 atom stereocenters. The molecule has 3 heteroatoms. The monoisotopic (exact) mass is 219 g/mol. The lowest BCUT2D eigenvalue weighted by Gasteiger charge is -2.00. The van der Waals surface area contributed by atoms with Crippen molar-refractivity contribution < 1.29 is 8.96 Å². The van der Waals surface area contributed by atoms with Crippen LogP contribution < -0.4 is 4.57 Å². The number of halogens is 1. The van der Waals surface area contributed by atoms with Crippen molar-refractivity contribution in [2.45, 2.75) is 26.9 Å². The highest BCUT2D eigenvalue weighted by Crippen LogP contribution is 2.03. The first kappa shape index (κ1) is 10.9. The molecule has 84 valence electrons. The van der Waals surface area contributed by atoms with Gasteiger partial charge in [-0.15, -0.1) is 0 Å². The van der Waals surface area contributed by atoms with Crippen LogP contribution >= 0.6 is 0 Å². The van der Waals surface area contributed by atoms with Crippen LogP contribution in [0.3, 0.4) is 0 Å². The van der Waals surface area contributed by atoms with Gasteiger partial charge in [-0.1, -0.05) is 12.1 Å². The van der Waals surface area contributed by atoms with Gasteiger partial charge in [-0.05, 0) is 24.6 Å². The Balaban J connectivity index is 2.24. The van der Waals surface area contributed by atoms with Gasteiger partial charge in [-0.2, -0.15) is 0 Å². The molecule has 2 aromatic rings. The molecule has 1 heterocycles. The lowest BCUT2D eigenvalue weighted by molar-refractivity contribution is -0.694. The summed E-state index contributed by atoms with van der Waals surface area (Å²) in [7, 11) is 0. The van der Waals surface area contributed by atoms with Gasteiger partial charge in [0.2, 0.25) is 0 Å². The second-order valence-corrected chi connectivity index (χ2v) is 3.89. The fraction of sp³-hybridized carbons (Fsp3) is 0.308. The molecule has 0 aliphatic rings. The Morgan fingerprint density at radius 2 is 2.19 bits per heavy atom. The van der Waals surface area contributed by atoms with Gasteiger partial charge in [0.25, 0.3) is 5.82 Å². The van der Waals surface area contributed by atoms with Crippen LogP contribution in [0.4, 0.5) is 4.39 Å². The van der Waals surface area contributed by atoms with Crippen molar-refractivity contribution >= 4 is 0 Å². The van der Waals surface area contributed by atoms with Crippen LogP contribution in [-0.4, -0.2) is 4.57 Å². The van der Waals surface area contributed by atoms with Crippen molar-refractivity contribution in [3.05, 3.63) is 53.9 Å². The number of aryl methyl sites for hydroxylation is 1. The van der Waals surface area contributed by atoms with E-state index in [0.29, 0.717) is 0 Å². The van der Waals surface area contributed by atoms with Crippen LogP contribution in [0.5, 0.6) is 0 Å². The van der Waals surface area contributed by atoms with E-state index in [4.69, 9.17) is 0 Å². The van der Waals surface area contributed by atoms with E-state index >= 15 is 0 Å². The molecule has 2 nitrogen and oxygen atoms in total. The standard InChI is InChI=1S/C13H16FN2/c1-3-15-7-8-16(11(15)2)10-12-5-4-6-13(14)9-12/h4-9H,3,10H2,1-2H3/q+1. The summed E-state index contributed by atoms with van der Waals surface area (Å²) in [6.45, 7) is 5.86. The molecule has 1 aromatic carbocycles. The largest absolute Gasteiger partial charge is 0.253 e. The van der Waals surface area contributed by atoms with Crippen molar-refractivity contribution in [2.24, 2.45) is 0 Å². The van der Waals surface area contributed by atoms with Crippen LogP contribution in [-0.2, 0) is 13.1 Å². The summed E-state index contributed by atoms with van der Waals surface area (Å²) in [6, 6.07) is 6.74. The SMILES string of the molecule is CCn1cc[n+](Cc2cccc(F)c2)c1C. The highest BCUT2D eigenvalue weighted by Gasteiger charge is 2.10. The van der Waals surface area contributed by atoms with Crippen LogP contribution in [0.15, 0.2) is 36.7 Å². The van der Waals surface area contributed by atoms with Crippen LogP contribution in [0.1, 0.15) is 18.3 Å². The molecule has 0 saturated carbocycles. The molecule has 0 saturated heterocycles. The molecule has 0 fully saturated rings. The molecule has 1 aromatic heterocycles. The van der Waals surface area contributed by atoms with E-state index in [9.17, 15) is 4.39 Å². The summed E-state index contributed by atoms with van der Waals surface area (Å²) in [5.41, 5.74) is 0.988. The van der Waals surface area contributed by atoms with Gasteiger partial charge in [-0.25, -0.2) is 13.5 Å². The second-order valence-electron chi connectivity index (χ2n) is 3.89. The molecule has 0 aliphatic carbocycles. The van der Waals surface area contributed by atoms with Crippen LogP contribution in [0, 0.1) is 12.7 Å². The number of rotatable bonds is 3. The maximum absolute atomic E-state index is 13.0. The average Bonchev–Trinajstić information content (AvgIpc) is 2.60. The molecule has 0 amide bonds. The highest BCUT2D eigenvalue weighted by atomic mass is 19.1. The van der Waals surface area contributed by atoms with Crippen molar-refractivity contribution in [1.29, 1.82) is 0 Å². The molecule has 16 heavy (non-hydrogen) atoms. The second kappa shape index (κ2) is 4.47. The molecule has 0 aliphatic heterocycles. The molecule has 0 unspecified atom stereocenters. The molecule has 2 rings (SSSR count). The predicted molar refractivity (Wildman–Crippen MR) is 60.5 cm³/mol. The predicted octanol–water partition coefficient (Wildman–Crippen LogP) is 2.29. The minimum Gasteiger partial charge on any atom is -0.235 e. The third-order valence-corrected chi connectivity index (χ3v) is 2.84. The molecule has 0 bridgehead atoms. The first-order valence-corrected chi connectivity index (χ1v) is 5.50. The molecule has 0 N–H and O–H groups in total. The van der Waals surface area contributed by atoms with Crippen LogP contribution in [0.25, 0.3) is 0 Å². The van der Waals surface area contributed by atoms with E-state index in [1.807, 2.05) is 12.3 Å². The maximum Gasteiger partial charge on any atom is 0.253 e. The number of nitrogens with zero attached hydrogens (tertiary/aromatic N) is 2. The van der Waals surface area contributed by atoms with E-state index in [0.717, 1.165) is 18.7 Å². The Morgan fingerprint density at radius 1 is 1.38 bits per heavy atom. The Kier molecular flexibility index (Phi) is 3.04. The summed E-state index contributed by atoms with van der Waals surface area (Å²) in [5.74, 6) is 1.01. The average molecular weight is 219 g/mol. The third-order valence-electron chi connectivity index (χ3n) is 2.84. The van der Waals surface area contributed by atoms with Crippen LogP contribution in [0.2, 0.25) is 0 Å². The van der Waals surface area contributed by atoms with Crippen molar-refractivity contribution in [3.8, 4) is 0 Å². The van der Waals surface area contributed by atoms with E-state index in [-0.39, 0.29) is 5.82 Å². The van der Waals surface area contributed by atoms with Gasteiger partial charge in [-0.3, -0.25) is 0 Å². The Bertz CT molecular complexity index is 488. The summed E-state index contributed by atoms with van der Waals surface area (Å²) in [6.07, 6.45) is 4.08. The van der Waals surface area contributed by atoms with E-state index in [1.54, 1.807) is 12.1 Å². The summed E-state index contributed by atoms with van der Waals surface area (Å²) in [4.78, 5) is 0. The zero-order valence-electron chi connectivity index (χ0n) is 9.65. The summed E-state index contributed by atoms with van der Waals surface area (Å²) >= 11 is 0. The Hall–Kier alpha value is -1.64. The number of benzene rings is 1. The quantitative estimate of drug-likeness (QED) is 0.700. The van der Waals surface area contributed by atoms with Gasteiger partial charge < -0.3 is 0 Å². The van der Waals surface area contributed by atoms with Gasteiger partial charge in [0.05, 0.1) is 6.54 Å². The van der Waals surface area contributed by atoms with Crippen molar-refractivity contribution in [2.75, 3.05) is 0 Å². The molecule has 0 radical (unpaired) electrons. The van der Waals surface area contributed by atoms with Crippen molar-refractivity contribution in [3.63, 3.8) is 0 Å². The molecule has 0 spiro atoms.